The lowest BCUT2D eigenvalue weighted by atomic mass is 10.0. The number of hydrogen-bond acceptors (Lipinski definition) is 2. The largest absolute Gasteiger partial charge is 0.496 e. The van der Waals surface area contributed by atoms with Crippen LogP contribution in [0.2, 0.25) is 0 Å². The molecule has 0 fully saturated rings. The van der Waals surface area contributed by atoms with Crippen LogP contribution in [0.4, 0.5) is 0 Å². The van der Waals surface area contributed by atoms with Crippen molar-refractivity contribution >= 4 is 0 Å². The molecule has 84 valence electrons. The topological polar surface area (TPSA) is 12.5 Å². The third kappa shape index (κ3) is 2.96. The minimum absolute atomic E-state index is 0.528. The Morgan fingerprint density at radius 2 is 2.00 bits per heavy atom. The van der Waals surface area contributed by atoms with E-state index in [1.54, 1.807) is 7.11 Å². The Labute approximate surface area is 92.9 Å². The molecule has 1 unspecified atom stereocenters. The summed E-state index contributed by atoms with van der Waals surface area (Å²) in [6.45, 7) is 4.31. The van der Waals surface area contributed by atoms with Crippen LogP contribution in [-0.2, 0) is 6.42 Å². The maximum Gasteiger partial charge on any atom is 0.125 e. The summed E-state index contributed by atoms with van der Waals surface area (Å²) in [4.78, 5) is 2.22. The molecule has 2 heteroatoms. The summed E-state index contributed by atoms with van der Waals surface area (Å²) in [6.07, 6.45) is 1.03. The van der Waals surface area contributed by atoms with Gasteiger partial charge in [-0.05, 0) is 45.5 Å². The Balaban J connectivity index is 2.89. The SMILES string of the molecule is COc1c(C)cccc1CC(C)N(C)C. The number of ether oxygens (including phenoxy) is 1. The fourth-order valence-electron chi connectivity index (χ4n) is 1.67. The van der Waals surface area contributed by atoms with Crippen molar-refractivity contribution in [1.82, 2.24) is 4.90 Å². The number of benzene rings is 1. The normalized spacial score (nSPS) is 12.9. The lowest BCUT2D eigenvalue weighted by Gasteiger charge is -2.21. The predicted octanol–water partition coefficient (Wildman–Crippen LogP) is 2.50. The van der Waals surface area contributed by atoms with Crippen LogP contribution in [0.25, 0.3) is 0 Å². The van der Waals surface area contributed by atoms with Crippen molar-refractivity contribution in [1.29, 1.82) is 0 Å². The van der Waals surface area contributed by atoms with Gasteiger partial charge in [0, 0.05) is 6.04 Å². The Hall–Kier alpha value is -1.02. The van der Waals surface area contributed by atoms with E-state index in [2.05, 4.69) is 51.0 Å². The van der Waals surface area contributed by atoms with Gasteiger partial charge in [0.25, 0.3) is 0 Å². The number of aryl methyl sites for hydroxylation is 1. The zero-order valence-corrected chi connectivity index (χ0v) is 10.4. The molecule has 0 bridgehead atoms. The van der Waals surface area contributed by atoms with E-state index < -0.39 is 0 Å². The van der Waals surface area contributed by atoms with Crippen molar-refractivity contribution in [2.75, 3.05) is 21.2 Å². The highest BCUT2D eigenvalue weighted by atomic mass is 16.5. The van der Waals surface area contributed by atoms with Gasteiger partial charge >= 0.3 is 0 Å². The smallest absolute Gasteiger partial charge is 0.125 e. The molecular formula is C13H21NO. The van der Waals surface area contributed by atoms with Crippen LogP contribution >= 0.6 is 0 Å². The molecule has 1 aromatic rings. The van der Waals surface area contributed by atoms with Crippen molar-refractivity contribution in [3.8, 4) is 5.75 Å². The minimum Gasteiger partial charge on any atom is -0.496 e. The maximum atomic E-state index is 5.44. The molecule has 1 rings (SSSR count). The van der Waals surface area contributed by atoms with E-state index in [1.165, 1.54) is 11.1 Å². The van der Waals surface area contributed by atoms with Crippen LogP contribution < -0.4 is 4.74 Å². The zero-order valence-electron chi connectivity index (χ0n) is 10.4. The molecular weight excluding hydrogens is 186 g/mol. The molecule has 15 heavy (non-hydrogen) atoms. The van der Waals surface area contributed by atoms with Crippen LogP contribution in [0.1, 0.15) is 18.1 Å². The van der Waals surface area contributed by atoms with Gasteiger partial charge in [-0.25, -0.2) is 0 Å². The number of rotatable bonds is 4. The standard InChI is InChI=1S/C13H21NO/c1-10-7-6-8-12(13(10)15-5)9-11(2)14(3)4/h6-8,11H,9H2,1-5H3. The van der Waals surface area contributed by atoms with Gasteiger partial charge in [0.1, 0.15) is 5.75 Å². The molecule has 0 saturated heterocycles. The number of para-hydroxylation sites is 1. The van der Waals surface area contributed by atoms with Crippen LogP contribution in [0.5, 0.6) is 5.75 Å². The molecule has 0 saturated carbocycles. The molecule has 0 N–H and O–H groups in total. The van der Waals surface area contributed by atoms with E-state index in [-0.39, 0.29) is 0 Å². The van der Waals surface area contributed by atoms with Gasteiger partial charge in [-0.15, -0.1) is 0 Å². The average molecular weight is 207 g/mol. The second-order valence-electron chi connectivity index (χ2n) is 4.28. The quantitative estimate of drug-likeness (QED) is 0.752. The highest BCUT2D eigenvalue weighted by molar-refractivity contribution is 5.41. The zero-order chi connectivity index (χ0) is 11.4. The Bertz CT molecular complexity index is 320. The first kappa shape index (κ1) is 12.1. The molecule has 0 heterocycles. The van der Waals surface area contributed by atoms with E-state index in [0.29, 0.717) is 6.04 Å². The fraction of sp³-hybridized carbons (Fsp3) is 0.538. The highest BCUT2D eigenvalue weighted by Gasteiger charge is 2.11. The molecule has 0 aromatic heterocycles. The van der Waals surface area contributed by atoms with E-state index in [9.17, 15) is 0 Å². The summed E-state index contributed by atoms with van der Waals surface area (Å²) in [5.41, 5.74) is 2.50. The van der Waals surface area contributed by atoms with Crippen molar-refractivity contribution in [2.24, 2.45) is 0 Å². The van der Waals surface area contributed by atoms with Crippen LogP contribution in [-0.4, -0.2) is 32.1 Å². The molecule has 0 aliphatic heterocycles. The van der Waals surface area contributed by atoms with Gasteiger partial charge in [0.05, 0.1) is 7.11 Å². The fourth-order valence-corrected chi connectivity index (χ4v) is 1.67. The number of hydrogen-bond donors (Lipinski definition) is 0. The molecule has 0 aliphatic rings. The minimum atomic E-state index is 0.528. The van der Waals surface area contributed by atoms with Gasteiger partial charge in [-0.1, -0.05) is 18.2 Å². The third-order valence-electron chi connectivity index (χ3n) is 2.89. The molecule has 2 nitrogen and oxygen atoms in total. The second-order valence-corrected chi connectivity index (χ2v) is 4.28. The summed E-state index contributed by atoms with van der Waals surface area (Å²) >= 11 is 0. The summed E-state index contributed by atoms with van der Waals surface area (Å²) in [7, 11) is 5.95. The lowest BCUT2D eigenvalue weighted by molar-refractivity contribution is 0.308. The monoisotopic (exact) mass is 207 g/mol. The molecule has 0 aliphatic carbocycles. The number of nitrogens with zero attached hydrogens (tertiary/aromatic N) is 1. The first-order valence-corrected chi connectivity index (χ1v) is 5.35. The molecule has 1 atom stereocenters. The third-order valence-corrected chi connectivity index (χ3v) is 2.89. The highest BCUT2D eigenvalue weighted by Crippen LogP contribution is 2.24. The van der Waals surface area contributed by atoms with Crippen molar-refractivity contribution < 1.29 is 4.74 Å². The molecule has 0 amide bonds. The van der Waals surface area contributed by atoms with Crippen molar-refractivity contribution in [3.05, 3.63) is 29.3 Å². The van der Waals surface area contributed by atoms with E-state index in [4.69, 9.17) is 4.74 Å². The van der Waals surface area contributed by atoms with E-state index >= 15 is 0 Å². The summed E-state index contributed by atoms with van der Waals surface area (Å²) in [6, 6.07) is 6.85. The van der Waals surface area contributed by atoms with Gasteiger partial charge in [0.2, 0.25) is 0 Å². The first-order valence-electron chi connectivity index (χ1n) is 5.35. The van der Waals surface area contributed by atoms with E-state index in [1.807, 2.05) is 0 Å². The summed E-state index contributed by atoms with van der Waals surface area (Å²) in [5, 5.41) is 0. The molecule has 0 spiro atoms. The second kappa shape index (κ2) is 5.17. The van der Waals surface area contributed by atoms with Gasteiger partial charge in [0.15, 0.2) is 0 Å². The number of methoxy groups -OCH3 is 1. The van der Waals surface area contributed by atoms with Crippen molar-refractivity contribution in [2.45, 2.75) is 26.3 Å². The Morgan fingerprint density at radius 1 is 1.33 bits per heavy atom. The molecule has 1 aromatic carbocycles. The van der Waals surface area contributed by atoms with Crippen LogP contribution in [0, 0.1) is 6.92 Å². The van der Waals surface area contributed by atoms with Gasteiger partial charge in [-0.2, -0.15) is 0 Å². The molecule has 0 radical (unpaired) electrons. The van der Waals surface area contributed by atoms with Crippen LogP contribution in [0.3, 0.4) is 0 Å². The van der Waals surface area contributed by atoms with E-state index in [0.717, 1.165) is 12.2 Å². The Morgan fingerprint density at radius 3 is 2.53 bits per heavy atom. The summed E-state index contributed by atoms with van der Waals surface area (Å²) < 4.78 is 5.44. The Kier molecular flexibility index (Phi) is 4.15. The first-order chi connectivity index (χ1) is 7.06. The predicted molar refractivity (Wildman–Crippen MR) is 64.6 cm³/mol. The number of likely N-dealkylation sites (N-methyl/N-ethyl adjacent to an activating group) is 1. The van der Waals surface area contributed by atoms with Gasteiger partial charge < -0.3 is 9.64 Å². The van der Waals surface area contributed by atoms with Gasteiger partial charge in [-0.3, -0.25) is 0 Å². The summed E-state index contributed by atoms with van der Waals surface area (Å²) in [5.74, 6) is 1.03. The lowest BCUT2D eigenvalue weighted by Crippen LogP contribution is -2.26. The van der Waals surface area contributed by atoms with Crippen LogP contribution in [0.15, 0.2) is 18.2 Å². The van der Waals surface area contributed by atoms with Crippen molar-refractivity contribution in [3.63, 3.8) is 0 Å². The maximum absolute atomic E-state index is 5.44. The average Bonchev–Trinajstić information content (AvgIpc) is 2.18.